The molecule has 0 saturated heterocycles. The van der Waals surface area contributed by atoms with Crippen molar-refractivity contribution in [1.29, 1.82) is 0 Å². The number of ether oxygens (including phenoxy) is 1. The first kappa shape index (κ1) is 23.7. The van der Waals surface area contributed by atoms with Crippen molar-refractivity contribution in [1.82, 2.24) is 4.98 Å². The number of aromatic nitrogens is 1. The lowest BCUT2D eigenvalue weighted by molar-refractivity contribution is 0.373. The molecule has 0 amide bonds. The number of nitrogens with one attached hydrogen (secondary N) is 2. The summed E-state index contributed by atoms with van der Waals surface area (Å²) >= 11 is 1.62. The van der Waals surface area contributed by atoms with Crippen LogP contribution in [0.3, 0.4) is 0 Å². The minimum atomic E-state index is -1.58. The van der Waals surface area contributed by atoms with Crippen LogP contribution in [0.15, 0.2) is 41.3 Å². The quantitative estimate of drug-likeness (QED) is 0.371. The van der Waals surface area contributed by atoms with E-state index in [9.17, 15) is 8.60 Å². The molecule has 1 unspecified atom stereocenters. The number of aryl methyl sites for hydroxylation is 2. The van der Waals surface area contributed by atoms with Gasteiger partial charge < -0.3 is 14.8 Å². The van der Waals surface area contributed by atoms with Crippen LogP contribution in [0.2, 0.25) is 0 Å². The standard InChI is InChI=1S/C25H30FN3O2S2/c1-16-13-20(10-11-21(16)26)29-33(30)23-14-19(9-12-22(23)31-3)24-17(2)28-25(32-24)27-15-18-7-5-4-6-8-18/h9-14,18,29H,4-8,15H2,1-3H3,(H,27,28). The Balaban J connectivity index is 1.54. The summed E-state index contributed by atoms with van der Waals surface area (Å²) < 4.78 is 35.1. The highest BCUT2D eigenvalue weighted by molar-refractivity contribution is 7.86. The zero-order chi connectivity index (χ0) is 23.4. The Kier molecular flexibility index (Phi) is 7.65. The first-order valence-electron chi connectivity index (χ1n) is 11.3. The fourth-order valence-corrected chi connectivity index (χ4v) is 6.18. The molecule has 1 aliphatic carbocycles. The second-order valence-corrected chi connectivity index (χ2v) is 10.7. The Morgan fingerprint density at radius 1 is 1.15 bits per heavy atom. The molecule has 1 saturated carbocycles. The first-order chi connectivity index (χ1) is 15.9. The van der Waals surface area contributed by atoms with Gasteiger partial charge in [-0.25, -0.2) is 13.6 Å². The van der Waals surface area contributed by atoms with Crippen LogP contribution < -0.4 is 14.8 Å². The normalized spacial score (nSPS) is 15.3. The maximum Gasteiger partial charge on any atom is 0.183 e. The molecule has 2 aromatic carbocycles. The Labute approximate surface area is 201 Å². The molecule has 2 N–H and O–H groups in total. The van der Waals surface area contributed by atoms with Crippen LogP contribution in [0.1, 0.15) is 43.4 Å². The molecule has 176 valence electrons. The molecule has 3 aromatic rings. The SMILES string of the molecule is COc1ccc(-c2sc(NCC3CCCCC3)nc2C)cc1S(=O)Nc1ccc(F)c(C)c1. The fraction of sp³-hybridized carbons (Fsp3) is 0.400. The Bertz CT molecular complexity index is 1140. The maximum atomic E-state index is 13.6. The molecule has 4 rings (SSSR count). The van der Waals surface area contributed by atoms with Crippen molar-refractivity contribution in [3.8, 4) is 16.2 Å². The summed E-state index contributed by atoms with van der Waals surface area (Å²) in [6, 6.07) is 10.3. The third kappa shape index (κ3) is 5.73. The number of nitrogens with zero attached hydrogens (tertiary/aromatic N) is 1. The van der Waals surface area contributed by atoms with E-state index < -0.39 is 11.0 Å². The highest BCUT2D eigenvalue weighted by atomic mass is 32.2. The molecule has 1 aliphatic rings. The van der Waals surface area contributed by atoms with Crippen LogP contribution in [0.4, 0.5) is 15.2 Å². The van der Waals surface area contributed by atoms with Gasteiger partial charge in [0, 0.05) is 12.2 Å². The zero-order valence-electron chi connectivity index (χ0n) is 19.2. The van der Waals surface area contributed by atoms with Gasteiger partial charge in [-0.15, -0.1) is 0 Å². The van der Waals surface area contributed by atoms with Gasteiger partial charge in [0.15, 0.2) is 16.1 Å². The average molecular weight is 488 g/mol. The predicted octanol–water partition coefficient (Wildman–Crippen LogP) is 6.70. The molecule has 0 bridgehead atoms. The molecule has 1 fully saturated rings. The first-order valence-corrected chi connectivity index (χ1v) is 13.3. The zero-order valence-corrected chi connectivity index (χ0v) is 20.9. The van der Waals surface area contributed by atoms with Gasteiger partial charge in [-0.2, -0.15) is 0 Å². The third-order valence-corrected chi connectivity index (χ3v) is 8.36. The molecule has 1 atom stereocenters. The number of hydrogen-bond acceptors (Lipinski definition) is 5. The molecule has 1 aromatic heterocycles. The highest BCUT2D eigenvalue weighted by Gasteiger charge is 2.18. The number of halogens is 1. The van der Waals surface area contributed by atoms with Crippen LogP contribution in [0.5, 0.6) is 5.75 Å². The lowest BCUT2D eigenvalue weighted by Crippen LogP contribution is -2.16. The van der Waals surface area contributed by atoms with Gasteiger partial charge in [-0.05, 0) is 80.1 Å². The minimum Gasteiger partial charge on any atom is -0.495 e. The smallest absolute Gasteiger partial charge is 0.183 e. The van der Waals surface area contributed by atoms with E-state index in [2.05, 4.69) is 10.0 Å². The summed E-state index contributed by atoms with van der Waals surface area (Å²) in [7, 11) is -0.0217. The van der Waals surface area contributed by atoms with Gasteiger partial charge in [0.2, 0.25) is 0 Å². The summed E-state index contributed by atoms with van der Waals surface area (Å²) in [5.74, 6) is 0.961. The van der Waals surface area contributed by atoms with Crippen LogP contribution in [-0.2, 0) is 11.0 Å². The lowest BCUT2D eigenvalue weighted by Gasteiger charge is -2.21. The van der Waals surface area contributed by atoms with Crippen molar-refractivity contribution in [2.24, 2.45) is 5.92 Å². The van der Waals surface area contributed by atoms with E-state index in [1.165, 1.54) is 38.2 Å². The van der Waals surface area contributed by atoms with E-state index >= 15 is 0 Å². The fourth-order valence-electron chi connectivity index (χ4n) is 4.20. The van der Waals surface area contributed by atoms with E-state index in [1.54, 1.807) is 37.5 Å². The van der Waals surface area contributed by atoms with E-state index in [0.29, 0.717) is 21.9 Å². The second-order valence-electron chi connectivity index (χ2n) is 8.52. The Morgan fingerprint density at radius 3 is 2.67 bits per heavy atom. The van der Waals surface area contributed by atoms with Gasteiger partial charge in [0.05, 0.1) is 17.7 Å². The monoisotopic (exact) mass is 487 g/mol. The minimum absolute atomic E-state index is 0.292. The van der Waals surface area contributed by atoms with Gasteiger partial charge in [-0.3, -0.25) is 0 Å². The van der Waals surface area contributed by atoms with Crippen LogP contribution in [-0.4, -0.2) is 22.8 Å². The molecular weight excluding hydrogens is 457 g/mol. The molecule has 8 heteroatoms. The summed E-state index contributed by atoms with van der Waals surface area (Å²) in [4.78, 5) is 6.29. The van der Waals surface area contributed by atoms with E-state index in [-0.39, 0.29) is 5.82 Å². The molecule has 0 aliphatic heterocycles. The van der Waals surface area contributed by atoms with Crippen molar-refractivity contribution in [3.05, 3.63) is 53.5 Å². The maximum absolute atomic E-state index is 13.6. The predicted molar refractivity (Wildman–Crippen MR) is 135 cm³/mol. The lowest BCUT2D eigenvalue weighted by atomic mass is 9.89. The highest BCUT2D eigenvalue weighted by Crippen LogP contribution is 2.36. The summed E-state index contributed by atoms with van der Waals surface area (Å²) in [5, 5.41) is 4.45. The largest absolute Gasteiger partial charge is 0.495 e. The van der Waals surface area contributed by atoms with Gasteiger partial charge in [0.25, 0.3) is 0 Å². The molecule has 1 heterocycles. The second kappa shape index (κ2) is 10.7. The number of anilines is 2. The molecule has 0 radical (unpaired) electrons. The van der Waals surface area contributed by atoms with E-state index in [4.69, 9.17) is 9.72 Å². The molecule has 5 nitrogen and oxygen atoms in total. The topological polar surface area (TPSA) is 63.2 Å². The van der Waals surface area contributed by atoms with Crippen molar-refractivity contribution in [2.75, 3.05) is 23.7 Å². The summed E-state index contributed by atoms with van der Waals surface area (Å²) in [6.07, 6.45) is 6.59. The number of methoxy groups -OCH3 is 1. The van der Waals surface area contributed by atoms with E-state index in [0.717, 1.165) is 33.7 Å². The van der Waals surface area contributed by atoms with Crippen molar-refractivity contribution < 1.29 is 13.3 Å². The number of rotatable bonds is 8. The summed E-state index contributed by atoms with van der Waals surface area (Å²) in [5.41, 5.74) is 2.96. The molecular formula is C25H30FN3O2S2. The summed E-state index contributed by atoms with van der Waals surface area (Å²) in [6.45, 7) is 4.64. The Morgan fingerprint density at radius 2 is 1.94 bits per heavy atom. The van der Waals surface area contributed by atoms with Gasteiger partial charge >= 0.3 is 0 Å². The van der Waals surface area contributed by atoms with Crippen LogP contribution in [0, 0.1) is 25.6 Å². The van der Waals surface area contributed by atoms with Crippen LogP contribution in [0.25, 0.3) is 10.4 Å². The molecule has 33 heavy (non-hydrogen) atoms. The van der Waals surface area contributed by atoms with Crippen molar-refractivity contribution >= 4 is 33.1 Å². The van der Waals surface area contributed by atoms with Crippen LogP contribution >= 0.6 is 11.3 Å². The Hall–Kier alpha value is -2.45. The molecule has 0 spiro atoms. The third-order valence-electron chi connectivity index (χ3n) is 6.06. The number of thiazole rings is 1. The van der Waals surface area contributed by atoms with Gasteiger partial charge in [0.1, 0.15) is 16.5 Å². The van der Waals surface area contributed by atoms with E-state index in [1.807, 2.05) is 25.1 Å². The number of hydrogen-bond donors (Lipinski definition) is 2. The number of benzene rings is 2. The van der Waals surface area contributed by atoms with Gasteiger partial charge in [-0.1, -0.05) is 30.6 Å². The van der Waals surface area contributed by atoms with Crippen molar-refractivity contribution in [3.63, 3.8) is 0 Å². The average Bonchev–Trinajstić information content (AvgIpc) is 3.20. The van der Waals surface area contributed by atoms with Crippen molar-refractivity contribution in [2.45, 2.75) is 50.8 Å².